The first-order chi connectivity index (χ1) is 5.58. The minimum absolute atomic E-state index is 0.173. The van der Waals surface area contributed by atoms with Crippen molar-refractivity contribution in [2.75, 3.05) is 0 Å². The summed E-state index contributed by atoms with van der Waals surface area (Å²) in [4.78, 5) is 9.49. The Bertz CT molecular complexity index is 296. The summed E-state index contributed by atoms with van der Waals surface area (Å²) in [5, 5.41) is 10.2. The highest BCUT2D eigenvalue weighted by molar-refractivity contribution is 6.30. The van der Waals surface area contributed by atoms with E-state index in [4.69, 9.17) is 11.6 Å². The van der Waals surface area contributed by atoms with Crippen molar-refractivity contribution in [3.8, 4) is 0 Å². The first-order valence-corrected chi connectivity index (χ1v) is 3.52. The lowest BCUT2D eigenvalue weighted by molar-refractivity contribution is -0.496. The van der Waals surface area contributed by atoms with Crippen LogP contribution >= 0.6 is 11.6 Å². The van der Waals surface area contributed by atoms with Gasteiger partial charge in [0, 0.05) is 15.5 Å². The van der Waals surface area contributed by atoms with Crippen molar-refractivity contribution in [1.29, 1.82) is 0 Å². The van der Waals surface area contributed by atoms with Crippen LogP contribution in [0.5, 0.6) is 0 Å². The monoisotopic (exact) mass is 189 g/mol. The molecule has 0 aromatic heterocycles. The van der Waals surface area contributed by atoms with Gasteiger partial charge < -0.3 is 0 Å². The average Bonchev–Trinajstić information content (AvgIpc) is 1.81. The van der Waals surface area contributed by atoms with Crippen molar-refractivity contribution in [3.05, 3.63) is 44.7 Å². The fourth-order valence-electron chi connectivity index (χ4n) is 0.851. The van der Waals surface area contributed by atoms with Gasteiger partial charge in [0.2, 0.25) is 6.54 Å². The third kappa shape index (κ3) is 2.47. The van der Waals surface area contributed by atoms with E-state index in [1.54, 1.807) is 0 Å². The highest BCUT2D eigenvalue weighted by atomic mass is 35.5. The topological polar surface area (TPSA) is 43.1 Å². The van der Waals surface area contributed by atoms with Crippen LogP contribution in [0.3, 0.4) is 0 Å². The van der Waals surface area contributed by atoms with E-state index in [-0.39, 0.29) is 10.6 Å². The molecule has 0 heterocycles. The summed E-state index contributed by atoms with van der Waals surface area (Å²) >= 11 is 5.47. The molecule has 1 aromatic carbocycles. The summed E-state index contributed by atoms with van der Waals surface area (Å²) in [6.45, 7) is -0.405. The normalized spacial score (nSPS) is 9.83. The molecular formula is C7H5ClFNO2. The molecule has 64 valence electrons. The Labute approximate surface area is 72.9 Å². The lowest BCUT2D eigenvalue weighted by Gasteiger charge is -1.96. The average molecular weight is 190 g/mol. The number of halogens is 2. The second kappa shape index (κ2) is 3.49. The van der Waals surface area contributed by atoms with E-state index in [1.165, 1.54) is 6.07 Å². The molecule has 0 N–H and O–H groups in total. The molecule has 0 unspecified atom stereocenters. The summed E-state index contributed by atoms with van der Waals surface area (Å²) in [7, 11) is 0. The van der Waals surface area contributed by atoms with E-state index >= 15 is 0 Å². The van der Waals surface area contributed by atoms with Gasteiger partial charge in [-0.2, -0.15) is 0 Å². The zero-order chi connectivity index (χ0) is 9.14. The van der Waals surface area contributed by atoms with Gasteiger partial charge in [0.15, 0.2) is 0 Å². The van der Waals surface area contributed by atoms with Crippen molar-refractivity contribution in [2.24, 2.45) is 0 Å². The van der Waals surface area contributed by atoms with Crippen LogP contribution in [-0.4, -0.2) is 4.92 Å². The molecule has 12 heavy (non-hydrogen) atoms. The zero-order valence-electron chi connectivity index (χ0n) is 5.96. The molecule has 3 nitrogen and oxygen atoms in total. The molecule has 1 rings (SSSR count). The fourth-order valence-corrected chi connectivity index (χ4v) is 1.10. The quantitative estimate of drug-likeness (QED) is 0.529. The van der Waals surface area contributed by atoms with Crippen molar-refractivity contribution in [2.45, 2.75) is 6.54 Å². The van der Waals surface area contributed by atoms with Crippen LogP contribution in [-0.2, 0) is 6.54 Å². The van der Waals surface area contributed by atoms with Gasteiger partial charge in [0.05, 0.1) is 0 Å². The van der Waals surface area contributed by atoms with Crippen LogP contribution in [0.1, 0.15) is 5.56 Å². The van der Waals surface area contributed by atoms with E-state index < -0.39 is 17.3 Å². The second-order valence-corrected chi connectivity index (χ2v) is 2.70. The molecule has 0 atom stereocenters. The fraction of sp³-hybridized carbons (Fsp3) is 0.143. The Kier molecular flexibility index (Phi) is 2.60. The van der Waals surface area contributed by atoms with Crippen LogP contribution in [0.2, 0.25) is 5.02 Å². The molecule has 0 bridgehead atoms. The van der Waals surface area contributed by atoms with E-state index in [0.29, 0.717) is 0 Å². The van der Waals surface area contributed by atoms with Gasteiger partial charge in [-0.15, -0.1) is 0 Å². The van der Waals surface area contributed by atoms with Gasteiger partial charge in [0.1, 0.15) is 5.82 Å². The van der Waals surface area contributed by atoms with Crippen molar-refractivity contribution < 1.29 is 9.31 Å². The molecule has 0 radical (unpaired) electrons. The molecule has 0 aliphatic carbocycles. The SMILES string of the molecule is O=[N+]([O-])Cc1cc(F)cc(Cl)c1. The number of hydrogen-bond acceptors (Lipinski definition) is 2. The van der Waals surface area contributed by atoms with Gasteiger partial charge in [-0.1, -0.05) is 11.6 Å². The highest BCUT2D eigenvalue weighted by Crippen LogP contribution is 2.14. The van der Waals surface area contributed by atoms with E-state index in [2.05, 4.69) is 0 Å². The molecule has 0 saturated heterocycles. The smallest absolute Gasteiger partial charge is 0.229 e. The van der Waals surface area contributed by atoms with E-state index in [0.717, 1.165) is 12.1 Å². The first kappa shape index (κ1) is 8.93. The number of nitrogens with zero attached hydrogens (tertiary/aromatic N) is 1. The lowest BCUT2D eigenvalue weighted by atomic mass is 10.2. The molecule has 0 aliphatic rings. The largest absolute Gasteiger partial charge is 0.264 e. The molecule has 0 amide bonds. The Morgan fingerprint density at radius 3 is 2.67 bits per heavy atom. The van der Waals surface area contributed by atoms with Gasteiger partial charge >= 0.3 is 0 Å². The third-order valence-electron chi connectivity index (χ3n) is 1.23. The maximum Gasteiger partial charge on any atom is 0.229 e. The van der Waals surface area contributed by atoms with Gasteiger partial charge in [-0.25, -0.2) is 4.39 Å². The van der Waals surface area contributed by atoms with Crippen LogP contribution in [0.15, 0.2) is 18.2 Å². The molecule has 5 heteroatoms. The zero-order valence-corrected chi connectivity index (χ0v) is 6.71. The number of nitro groups is 1. The Morgan fingerprint density at radius 1 is 1.50 bits per heavy atom. The number of rotatable bonds is 2. The molecule has 0 spiro atoms. The van der Waals surface area contributed by atoms with Crippen LogP contribution < -0.4 is 0 Å². The van der Waals surface area contributed by atoms with E-state index in [1.807, 2.05) is 0 Å². The predicted molar refractivity (Wildman–Crippen MR) is 42.1 cm³/mol. The maximum absolute atomic E-state index is 12.6. The summed E-state index contributed by atoms with van der Waals surface area (Å²) in [6, 6.07) is 3.56. The Morgan fingerprint density at radius 2 is 2.17 bits per heavy atom. The Balaban J connectivity index is 2.93. The molecule has 0 saturated carbocycles. The van der Waals surface area contributed by atoms with Gasteiger partial charge in [-0.05, 0) is 18.2 Å². The van der Waals surface area contributed by atoms with Crippen LogP contribution in [0, 0.1) is 15.9 Å². The van der Waals surface area contributed by atoms with Gasteiger partial charge in [-0.3, -0.25) is 10.1 Å². The van der Waals surface area contributed by atoms with Crippen LogP contribution in [0.25, 0.3) is 0 Å². The van der Waals surface area contributed by atoms with Gasteiger partial charge in [0.25, 0.3) is 0 Å². The van der Waals surface area contributed by atoms with E-state index in [9.17, 15) is 14.5 Å². The highest BCUT2D eigenvalue weighted by Gasteiger charge is 2.04. The molecule has 0 aliphatic heterocycles. The lowest BCUT2D eigenvalue weighted by Crippen LogP contribution is -1.98. The number of benzene rings is 1. The van der Waals surface area contributed by atoms with Crippen LogP contribution in [0.4, 0.5) is 4.39 Å². The molecule has 0 fully saturated rings. The second-order valence-electron chi connectivity index (χ2n) is 2.27. The minimum atomic E-state index is -0.556. The Hall–Kier alpha value is -1.16. The summed E-state index contributed by atoms with van der Waals surface area (Å²) in [6.07, 6.45) is 0. The first-order valence-electron chi connectivity index (χ1n) is 3.14. The minimum Gasteiger partial charge on any atom is -0.264 e. The predicted octanol–water partition coefficient (Wildman–Crippen LogP) is 2.26. The summed E-state index contributed by atoms with van der Waals surface area (Å²) < 4.78 is 12.6. The number of hydrogen-bond donors (Lipinski definition) is 0. The third-order valence-corrected chi connectivity index (χ3v) is 1.45. The summed E-state index contributed by atoms with van der Waals surface area (Å²) in [5.74, 6) is -0.556. The van der Waals surface area contributed by atoms with Crippen molar-refractivity contribution in [3.63, 3.8) is 0 Å². The molecule has 1 aromatic rings. The standard InChI is InChI=1S/C7H5ClFNO2/c8-6-1-5(4-10(11)12)2-7(9)3-6/h1-3H,4H2. The van der Waals surface area contributed by atoms with Crippen molar-refractivity contribution in [1.82, 2.24) is 0 Å². The molecular weight excluding hydrogens is 185 g/mol. The maximum atomic E-state index is 12.6. The summed E-state index contributed by atoms with van der Waals surface area (Å²) in [5.41, 5.74) is 0.269. The van der Waals surface area contributed by atoms with Crippen molar-refractivity contribution >= 4 is 11.6 Å².